The second kappa shape index (κ2) is 2.91. The van der Waals surface area contributed by atoms with Crippen molar-refractivity contribution in [2.75, 3.05) is 19.8 Å². The average molecular weight is 156 g/mol. The molecular formula is C8H12O3. The molecule has 2 aliphatic heterocycles. The predicted octanol–water partition coefficient (Wildman–Crippen LogP) is 0.381. The fraction of sp³-hybridized carbons (Fsp3) is 0.875. The summed E-state index contributed by atoms with van der Waals surface area (Å²) in [6.45, 7) is 1.68. The first kappa shape index (κ1) is 7.25. The molecule has 0 aromatic carbocycles. The molecule has 0 N–H and O–H groups in total. The molecule has 0 spiro atoms. The minimum Gasteiger partial charge on any atom is -0.377 e. The van der Waals surface area contributed by atoms with E-state index >= 15 is 0 Å². The summed E-state index contributed by atoms with van der Waals surface area (Å²) in [7, 11) is 0. The van der Waals surface area contributed by atoms with E-state index in [9.17, 15) is 4.79 Å². The van der Waals surface area contributed by atoms with E-state index in [1.807, 2.05) is 0 Å². The Morgan fingerprint density at radius 3 is 2.91 bits per heavy atom. The molecule has 2 fully saturated rings. The van der Waals surface area contributed by atoms with Gasteiger partial charge in [-0.25, -0.2) is 0 Å². The van der Waals surface area contributed by atoms with E-state index in [1.165, 1.54) is 0 Å². The molecule has 2 heterocycles. The highest BCUT2D eigenvalue weighted by atomic mass is 16.5. The lowest BCUT2D eigenvalue weighted by molar-refractivity contribution is -0.123. The van der Waals surface area contributed by atoms with Crippen molar-refractivity contribution < 1.29 is 14.3 Å². The summed E-state index contributed by atoms with van der Waals surface area (Å²) < 4.78 is 10.5. The van der Waals surface area contributed by atoms with Crippen LogP contribution in [-0.2, 0) is 14.3 Å². The van der Waals surface area contributed by atoms with Gasteiger partial charge in [-0.15, -0.1) is 0 Å². The first-order chi connectivity index (χ1) is 5.38. The molecule has 2 saturated heterocycles. The Balaban J connectivity index is 1.97. The monoisotopic (exact) mass is 156 g/mol. The van der Waals surface area contributed by atoms with Crippen LogP contribution in [0.4, 0.5) is 0 Å². The first-order valence-corrected chi connectivity index (χ1v) is 4.10. The first-order valence-electron chi connectivity index (χ1n) is 4.10. The third kappa shape index (κ3) is 1.30. The van der Waals surface area contributed by atoms with E-state index in [4.69, 9.17) is 9.47 Å². The van der Waals surface area contributed by atoms with Gasteiger partial charge in [-0.2, -0.15) is 0 Å². The van der Waals surface area contributed by atoms with Gasteiger partial charge in [0.25, 0.3) is 0 Å². The molecule has 62 valence electrons. The number of hydrogen-bond acceptors (Lipinski definition) is 3. The topological polar surface area (TPSA) is 35.5 Å². The van der Waals surface area contributed by atoms with Crippen molar-refractivity contribution in [2.45, 2.75) is 18.9 Å². The van der Waals surface area contributed by atoms with Crippen LogP contribution in [0.15, 0.2) is 0 Å². The molecule has 3 heteroatoms. The van der Waals surface area contributed by atoms with Gasteiger partial charge < -0.3 is 9.47 Å². The molecule has 0 amide bonds. The highest BCUT2D eigenvalue weighted by Gasteiger charge is 2.35. The van der Waals surface area contributed by atoms with Crippen molar-refractivity contribution >= 4 is 5.78 Å². The number of Topliss-reactive ketones (excluding diaryl/α,β-unsaturated/α-hetero) is 1. The molecule has 0 aromatic heterocycles. The fourth-order valence-electron chi connectivity index (χ4n) is 1.72. The second-order valence-corrected chi connectivity index (χ2v) is 3.14. The van der Waals surface area contributed by atoms with Crippen LogP contribution in [-0.4, -0.2) is 31.7 Å². The molecule has 2 rings (SSSR count). The maximum atomic E-state index is 11.2. The van der Waals surface area contributed by atoms with Crippen LogP contribution < -0.4 is 0 Å². The van der Waals surface area contributed by atoms with E-state index in [2.05, 4.69) is 0 Å². The zero-order chi connectivity index (χ0) is 7.68. The van der Waals surface area contributed by atoms with E-state index < -0.39 is 0 Å². The van der Waals surface area contributed by atoms with Crippen molar-refractivity contribution in [3.05, 3.63) is 0 Å². The third-order valence-electron chi connectivity index (χ3n) is 2.37. The minimum atomic E-state index is 0.0394. The molecule has 2 atom stereocenters. The highest BCUT2D eigenvalue weighted by molar-refractivity contribution is 5.84. The van der Waals surface area contributed by atoms with E-state index in [0.717, 1.165) is 19.4 Å². The number of carbonyl (C=O) groups excluding carboxylic acids is 1. The maximum absolute atomic E-state index is 11.2. The molecule has 0 aliphatic carbocycles. The van der Waals surface area contributed by atoms with Gasteiger partial charge in [0.05, 0.1) is 18.6 Å². The number of rotatable bonds is 1. The van der Waals surface area contributed by atoms with Gasteiger partial charge in [0.15, 0.2) is 5.78 Å². The van der Waals surface area contributed by atoms with E-state index in [1.54, 1.807) is 0 Å². The minimum absolute atomic E-state index is 0.0394. The zero-order valence-corrected chi connectivity index (χ0v) is 6.41. The summed E-state index contributed by atoms with van der Waals surface area (Å²) in [5, 5.41) is 0. The van der Waals surface area contributed by atoms with Crippen LogP contribution in [0.1, 0.15) is 12.8 Å². The Kier molecular flexibility index (Phi) is 1.92. The third-order valence-corrected chi connectivity index (χ3v) is 2.37. The van der Waals surface area contributed by atoms with E-state index in [-0.39, 0.29) is 17.8 Å². The van der Waals surface area contributed by atoms with Gasteiger partial charge in [-0.05, 0) is 12.8 Å². The van der Waals surface area contributed by atoms with Crippen molar-refractivity contribution in [1.29, 1.82) is 0 Å². The Labute approximate surface area is 65.7 Å². The van der Waals surface area contributed by atoms with E-state index in [0.29, 0.717) is 13.2 Å². The largest absolute Gasteiger partial charge is 0.377 e. The van der Waals surface area contributed by atoms with Crippen LogP contribution in [0.5, 0.6) is 0 Å². The Hall–Kier alpha value is -0.410. The molecule has 2 unspecified atom stereocenters. The molecule has 2 aliphatic rings. The molecule has 0 bridgehead atoms. The Morgan fingerprint density at radius 1 is 1.45 bits per heavy atom. The van der Waals surface area contributed by atoms with Gasteiger partial charge in [-0.3, -0.25) is 4.79 Å². The average Bonchev–Trinajstić information content (AvgIpc) is 2.55. The number of carbonyl (C=O) groups is 1. The van der Waals surface area contributed by atoms with Crippen LogP contribution in [0.2, 0.25) is 0 Å². The quantitative estimate of drug-likeness (QED) is 0.550. The van der Waals surface area contributed by atoms with Crippen LogP contribution in [0, 0.1) is 5.92 Å². The lowest BCUT2D eigenvalue weighted by Crippen LogP contribution is -2.26. The van der Waals surface area contributed by atoms with Crippen LogP contribution in [0.3, 0.4) is 0 Å². The Morgan fingerprint density at radius 2 is 2.36 bits per heavy atom. The van der Waals surface area contributed by atoms with Crippen molar-refractivity contribution in [3.8, 4) is 0 Å². The fourth-order valence-corrected chi connectivity index (χ4v) is 1.72. The molecule has 0 saturated carbocycles. The van der Waals surface area contributed by atoms with Gasteiger partial charge in [0.1, 0.15) is 6.61 Å². The smallest absolute Gasteiger partial charge is 0.166 e. The summed E-state index contributed by atoms with van der Waals surface area (Å²) in [4.78, 5) is 11.2. The lowest BCUT2D eigenvalue weighted by atomic mass is 9.98. The normalized spacial score (nSPS) is 38.4. The van der Waals surface area contributed by atoms with Crippen molar-refractivity contribution in [3.63, 3.8) is 0 Å². The number of ketones is 1. The molecule has 3 nitrogen and oxygen atoms in total. The van der Waals surface area contributed by atoms with Crippen LogP contribution in [0.25, 0.3) is 0 Å². The molecule has 0 radical (unpaired) electrons. The van der Waals surface area contributed by atoms with Gasteiger partial charge >= 0.3 is 0 Å². The van der Waals surface area contributed by atoms with Gasteiger partial charge in [-0.1, -0.05) is 0 Å². The maximum Gasteiger partial charge on any atom is 0.166 e. The zero-order valence-electron chi connectivity index (χ0n) is 6.41. The molecule has 0 aromatic rings. The lowest BCUT2D eigenvalue weighted by Gasteiger charge is -2.13. The summed E-state index contributed by atoms with van der Waals surface area (Å²) >= 11 is 0. The van der Waals surface area contributed by atoms with Gasteiger partial charge in [0.2, 0.25) is 0 Å². The number of ether oxygens (including phenoxy) is 2. The predicted molar refractivity (Wildman–Crippen MR) is 38.3 cm³/mol. The van der Waals surface area contributed by atoms with Crippen molar-refractivity contribution in [1.82, 2.24) is 0 Å². The Bertz CT molecular complexity index is 161. The number of hydrogen-bond donors (Lipinski definition) is 0. The van der Waals surface area contributed by atoms with Gasteiger partial charge in [0, 0.05) is 6.61 Å². The molecule has 11 heavy (non-hydrogen) atoms. The summed E-state index contributed by atoms with van der Waals surface area (Å²) in [6, 6.07) is 0. The van der Waals surface area contributed by atoms with Crippen LogP contribution >= 0.6 is 0 Å². The standard InChI is InChI=1S/C8H12O3/c9-7-5-10-4-6(7)8-2-1-3-11-8/h6,8H,1-5H2. The molecular weight excluding hydrogens is 144 g/mol. The summed E-state index contributed by atoms with van der Waals surface area (Å²) in [6.07, 6.45) is 2.28. The second-order valence-electron chi connectivity index (χ2n) is 3.14. The summed E-state index contributed by atoms with van der Waals surface area (Å²) in [5.41, 5.74) is 0. The SMILES string of the molecule is O=C1COCC1C1CCCO1. The van der Waals surface area contributed by atoms with Crippen molar-refractivity contribution in [2.24, 2.45) is 5.92 Å². The summed E-state index contributed by atoms with van der Waals surface area (Å²) in [5.74, 6) is 0.259. The highest BCUT2D eigenvalue weighted by Crippen LogP contribution is 2.24.